The van der Waals surface area contributed by atoms with Crippen LogP contribution in [-0.2, 0) is 0 Å². The van der Waals surface area contributed by atoms with Crippen molar-refractivity contribution >= 4 is 0 Å². The number of phenols is 1. The zero-order chi connectivity index (χ0) is 6.69. The Morgan fingerprint density at radius 3 is 2.22 bits per heavy atom. The van der Waals surface area contributed by atoms with Crippen LogP contribution in [0.5, 0.6) is 5.75 Å². The molecular formula is C8H5O. The van der Waals surface area contributed by atoms with Crippen LogP contribution in [0.3, 0.4) is 0 Å². The van der Waals surface area contributed by atoms with E-state index in [1.54, 1.807) is 12.1 Å². The Labute approximate surface area is 54.0 Å². The van der Waals surface area contributed by atoms with Gasteiger partial charge in [-0.1, -0.05) is 5.92 Å². The van der Waals surface area contributed by atoms with E-state index in [0.29, 0.717) is 5.56 Å². The third kappa shape index (κ3) is 1.23. The van der Waals surface area contributed by atoms with Crippen LogP contribution < -0.4 is 0 Å². The second-order valence-corrected chi connectivity index (χ2v) is 1.67. The lowest BCUT2D eigenvalue weighted by molar-refractivity contribution is 0.475. The second kappa shape index (κ2) is 2.23. The molecule has 0 unspecified atom stereocenters. The summed E-state index contributed by atoms with van der Waals surface area (Å²) in [5, 5.41) is 8.76. The summed E-state index contributed by atoms with van der Waals surface area (Å²) in [5.74, 6) is 2.41. The predicted octanol–water partition coefficient (Wildman–Crippen LogP) is 1.33. The van der Waals surface area contributed by atoms with Crippen LogP contribution in [0.4, 0.5) is 0 Å². The molecule has 0 amide bonds. The first-order valence-electron chi connectivity index (χ1n) is 2.54. The van der Waals surface area contributed by atoms with Crippen LogP contribution >= 0.6 is 0 Å². The van der Waals surface area contributed by atoms with E-state index in [1.807, 2.05) is 0 Å². The maximum Gasteiger partial charge on any atom is 0.115 e. The van der Waals surface area contributed by atoms with Crippen molar-refractivity contribution in [3.8, 4) is 11.7 Å². The van der Waals surface area contributed by atoms with E-state index < -0.39 is 0 Å². The molecular weight excluding hydrogens is 112 g/mol. The minimum Gasteiger partial charge on any atom is -0.508 e. The first-order valence-corrected chi connectivity index (χ1v) is 2.54. The highest BCUT2D eigenvalue weighted by molar-refractivity contribution is 5.34. The molecule has 0 aromatic heterocycles. The fourth-order valence-corrected chi connectivity index (χ4v) is 0.545. The Balaban J connectivity index is 3.06. The van der Waals surface area contributed by atoms with Gasteiger partial charge in [0.15, 0.2) is 0 Å². The molecule has 0 aliphatic rings. The Morgan fingerprint density at radius 1 is 1.22 bits per heavy atom. The van der Waals surface area contributed by atoms with Gasteiger partial charge in [0.25, 0.3) is 0 Å². The van der Waals surface area contributed by atoms with Crippen molar-refractivity contribution in [3.63, 3.8) is 0 Å². The highest BCUT2D eigenvalue weighted by Crippen LogP contribution is 2.07. The molecule has 0 saturated carbocycles. The SMILES string of the molecule is [C]#Cc1ccc(O)cc1. The molecule has 1 nitrogen and oxygen atoms in total. The first kappa shape index (κ1) is 5.71. The topological polar surface area (TPSA) is 20.2 Å². The molecule has 0 fully saturated rings. The summed E-state index contributed by atoms with van der Waals surface area (Å²) in [4.78, 5) is 0. The van der Waals surface area contributed by atoms with Crippen LogP contribution in [-0.4, -0.2) is 5.11 Å². The standard InChI is InChI=1S/C8H5O/c1-2-7-3-5-8(9)6-4-7/h3-6,9H. The van der Waals surface area contributed by atoms with Gasteiger partial charge in [0.1, 0.15) is 5.75 Å². The molecule has 0 bridgehead atoms. The lowest BCUT2D eigenvalue weighted by Gasteiger charge is -1.88. The van der Waals surface area contributed by atoms with Gasteiger partial charge in [0.2, 0.25) is 0 Å². The highest BCUT2D eigenvalue weighted by atomic mass is 16.3. The smallest absolute Gasteiger partial charge is 0.115 e. The van der Waals surface area contributed by atoms with Crippen LogP contribution in [0, 0.1) is 12.3 Å². The largest absolute Gasteiger partial charge is 0.508 e. The quantitative estimate of drug-likeness (QED) is 0.508. The molecule has 0 atom stereocenters. The van der Waals surface area contributed by atoms with Crippen molar-refractivity contribution in [1.29, 1.82) is 0 Å². The van der Waals surface area contributed by atoms with Gasteiger partial charge in [0.05, 0.1) is 0 Å². The summed E-state index contributed by atoms with van der Waals surface area (Å²) in [7, 11) is 0. The summed E-state index contributed by atoms with van der Waals surface area (Å²) in [6, 6.07) is 6.30. The number of hydrogen-bond donors (Lipinski definition) is 1. The van der Waals surface area contributed by atoms with Gasteiger partial charge in [-0.2, -0.15) is 0 Å². The van der Waals surface area contributed by atoms with Crippen molar-refractivity contribution in [2.24, 2.45) is 0 Å². The van der Waals surface area contributed by atoms with Crippen molar-refractivity contribution in [1.82, 2.24) is 0 Å². The summed E-state index contributed by atoms with van der Waals surface area (Å²) in [6.45, 7) is 0. The van der Waals surface area contributed by atoms with Gasteiger partial charge in [-0.15, -0.1) is 0 Å². The Bertz CT molecular complexity index is 228. The number of phenolic OH excluding ortho intramolecular Hbond substituents is 1. The third-order valence-electron chi connectivity index (χ3n) is 1.01. The van der Waals surface area contributed by atoms with E-state index in [0.717, 1.165) is 0 Å². The van der Waals surface area contributed by atoms with Gasteiger partial charge in [-0.05, 0) is 30.7 Å². The summed E-state index contributed by atoms with van der Waals surface area (Å²) in [5.41, 5.74) is 0.674. The van der Waals surface area contributed by atoms with Crippen molar-refractivity contribution in [2.75, 3.05) is 0 Å². The lowest BCUT2D eigenvalue weighted by atomic mass is 10.2. The van der Waals surface area contributed by atoms with Crippen molar-refractivity contribution < 1.29 is 5.11 Å². The average Bonchev–Trinajstić information content (AvgIpc) is 1.90. The number of benzene rings is 1. The predicted molar refractivity (Wildman–Crippen MR) is 34.3 cm³/mol. The minimum absolute atomic E-state index is 0.217. The monoisotopic (exact) mass is 117 g/mol. The van der Waals surface area contributed by atoms with E-state index in [2.05, 4.69) is 5.92 Å². The molecule has 1 rings (SSSR count). The van der Waals surface area contributed by atoms with Crippen LogP contribution in [0.1, 0.15) is 5.56 Å². The number of rotatable bonds is 0. The molecule has 0 aliphatic carbocycles. The zero-order valence-electron chi connectivity index (χ0n) is 4.76. The normalized spacial score (nSPS) is 8.33. The molecule has 1 aromatic rings. The molecule has 1 N–H and O–H groups in total. The molecule has 1 aromatic carbocycles. The Morgan fingerprint density at radius 2 is 1.78 bits per heavy atom. The average molecular weight is 117 g/mol. The molecule has 9 heavy (non-hydrogen) atoms. The fourth-order valence-electron chi connectivity index (χ4n) is 0.545. The highest BCUT2D eigenvalue weighted by Gasteiger charge is 1.85. The van der Waals surface area contributed by atoms with E-state index >= 15 is 0 Å². The minimum atomic E-state index is 0.217. The first-order chi connectivity index (χ1) is 4.33. The number of hydrogen-bond acceptors (Lipinski definition) is 1. The van der Waals surface area contributed by atoms with Crippen LogP contribution in [0.2, 0.25) is 0 Å². The summed E-state index contributed by atoms with van der Waals surface area (Å²) >= 11 is 0. The van der Waals surface area contributed by atoms with E-state index in [4.69, 9.17) is 11.5 Å². The van der Waals surface area contributed by atoms with E-state index in [9.17, 15) is 0 Å². The molecule has 43 valence electrons. The fraction of sp³-hybridized carbons (Fsp3) is 0. The molecule has 1 radical (unpaired) electrons. The molecule has 0 saturated heterocycles. The van der Waals surface area contributed by atoms with Gasteiger partial charge in [-0.3, -0.25) is 0 Å². The van der Waals surface area contributed by atoms with Crippen molar-refractivity contribution in [2.45, 2.75) is 0 Å². The third-order valence-corrected chi connectivity index (χ3v) is 1.01. The summed E-state index contributed by atoms with van der Waals surface area (Å²) < 4.78 is 0. The lowest BCUT2D eigenvalue weighted by Crippen LogP contribution is -1.69. The van der Waals surface area contributed by atoms with Crippen LogP contribution in [0.15, 0.2) is 24.3 Å². The maximum atomic E-state index is 8.76. The van der Waals surface area contributed by atoms with Gasteiger partial charge < -0.3 is 5.11 Å². The Kier molecular flexibility index (Phi) is 1.42. The molecule has 0 heterocycles. The Hall–Kier alpha value is -1.42. The maximum absolute atomic E-state index is 8.76. The molecule has 0 aliphatic heterocycles. The van der Waals surface area contributed by atoms with Crippen LogP contribution in [0.25, 0.3) is 0 Å². The van der Waals surface area contributed by atoms with Gasteiger partial charge in [-0.25, -0.2) is 0 Å². The van der Waals surface area contributed by atoms with E-state index in [-0.39, 0.29) is 5.75 Å². The molecule has 1 heteroatoms. The molecule has 0 spiro atoms. The second-order valence-electron chi connectivity index (χ2n) is 1.67. The van der Waals surface area contributed by atoms with Crippen molar-refractivity contribution in [3.05, 3.63) is 36.3 Å². The number of aromatic hydroxyl groups is 1. The van der Waals surface area contributed by atoms with Gasteiger partial charge >= 0.3 is 0 Å². The van der Waals surface area contributed by atoms with Gasteiger partial charge in [0, 0.05) is 5.56 Å². The zero-order valence-corrected chi connectivity index (χ0v) is 4.76. The summed E-state index contributed by atoms with van der Waals surface area (Å²) in [6.07, 6.45) is 6.68. The van der Waals surface area contributed by atoms with E-state index in [1.165, 1.54) is 12.1 Å².